The van der Waals surface area contributed by atoms with Gasteiger partial charge in [-0.25, -0.2) is 4.98 Å². The van der Waals surface area contributed by atoms with Crippen molar-refractivity contribution in [3.8, 4) is 0 Å². The SMILES string of the molecule is CN1C[C@H](c2ccccc2)CC2(CCN(Cc3ncc[nH]3)CC2)C1. The van der Waals surface area contributed by atoms with E-state index in [-0.39, 0.29) is 0 Å². The number of piperidine rings is 2. The second-order valence-corrected chi connectivity index (χ2v) is 7.82. The first kappa shape index (κ1) is 15.9. The van der Waals surface area contributed by atoms with Crippen LogP contribution in [-0.4, -0.2) is 53.0 Å². The zero-order valence-corrected chi connectivity index (χ0v) is 14.6. The standard InChI is InChI=1S/C20H28N4/c1-23-14-18(17-5-3-2-4-6-17)13-20(16-23)7-11-24(12-8-20)15-19-21-9-10-22-19/h2-6,9-10,18H,7-8,11-16H2,1H3,(H,21,22)/t18-/m1/s1. The third kappa shape index (κ3) is 3.40. The third-order valence-electron chi connectivity index (χ3n) is 5.93. The molecule has 1 atom stereocenters. The van der Waals surface area contributed by atoms with Gasteiger partial charge in [0, 0.05) is 25.5 Å². The van der Waals surface area contributed by atoms with Crippen LogP contribution in [0, 0.1) is 5.41 Å². The minimum Gasteiger partial charge on any atom is -0.348 e. The van der Waals surface area contributed by atoms with Crippen LogP contribution in [0.5, 0.6) is 0 Å². The molecule has 2 saturated heterocycles. The molecule has 1 N–H and O–H groups in total. The summed E-state index contributed by atoms with van der Waals surface area (Å²) < 4.78 is 0. The van der Waals surface area contributed by atoms with Crippen molar-refractivity contribution < 1.29 is 0 Å². The number of aromatic nitrogens is 2. The van der Waals surface area contributed by atoms with Crippen LogP contribution in [-0.2, 0) is 6.54 Å². The van der Waals surface area contributed by atoms with Gasteiger partial charge in [-0.1, -0.05) is 30.3 Å². The van der Waals surface area contributed by atoms with Gasteiger partial charge < -0.3 is 9.88 Å². The average molecular weight is 324 g/mol. The smallest absolute Gasteiger partial charge is 0.120 e. The highest BCUT2D eigenvalue weighted by molar-refractivity contribution is 5.21. The largest absolute Gasteiger partial charge is 0.348 e. The van der Waals surface area contributed by atoms with E-state index < -0.39 is 0 Å². The molecule has 1 aromatic heterocycles. The van der Waals surface area contributed by atoms with E-state index in [1.807, 2.05) is 12.4 Å². The minimum absolute atomic E-state index is 0.493. The van der Waals surface area contributed by atoms with Gasteiger partial charge in [0.25, 0.3) is 0 Å². The zero-order chi connectivity index (χ0) is 16.4. The predicted molar refractivity (Wildman–Crippen MR) is 96.8 cm³/mol. The van der Waals surface area contributed by atoms with Crippen molar-refractivity contribution >= 4 is 0 Å². The summed E-state index contributed by atoms with van der Waals surface area (Å²) in [6.07, 6.45) is 7.72. The van der Waals surface area contributed by atoms with Crippen LogP contribution < -0.4 is 0 Å². The van der Waals surface area contributed by atoms with Crippen LogP contribution >= 0.6 is 0 Å². The molecule has 0 aliphatic carbocycles. The molecule has 4 heteroatoms. The van der Waals surface area contributed by atoms with E-state index in [0.717, 1.165) is 12.4 Å². The number of imidazole rings is 1. The van der Waals surface area contributed by atoms with Crippen molar-refractivity contribution in [3.05, 3.63) is 54.1 Å². The van der Waals surface area contributed by atoms with Gasteiger partial charge in [0.05, 0.1) is 6.54 Å². The number of rotatable bonds is 3. The molecular formula is C20H28N4. The van der Waals surface area contributed by atoms with E-state index in [1.54, 1.807) is 0 Å². The first-order valence-corrected chi connectivity index (χ1v) is 9.17. The molecule has 24 heavy (non-hydrogen) atoms. The van der Waals surface area contributed by atoms with E-state index in [4.69, 9.17) is 0 Å². The lowest BCUT2D eigenvalue weighted by atomic mass is 9.68. The molecule has 1 aromatic carbocycles. The molecule has 2 fully saturated rings. The molecule has 2 aromatic rings. The third-order valence-corrected chi connectivity index (χ3v) is 5.93. The second-order valence-electron chi connectivity index (χ2n) is 7.82. The van der Waals surface area contributed by atoms with Crippen LogP contribution in [0.2, 0.25) is 0 Å². The molecule has 4 rings (SSSR count). The number of hydrogen-bond donors (Lipinski definition) is 1. The molecule has 4 nitrogen and oxygen atoms in total. The predicted octanol–water partition coefficient (Wildman–Crippen LogP) is 3.11. The lowest BCUT2D eigenvalue weighted by Gasteiger charge is -2.49. The highest BCUT2D eigenvalue weighted by Crippen LogP contribution is 2.44. The van der Waals surface area contributed by atoms with E-state index in [2.05, 4.69) is 57.1 Å². The number of benzene rings is 1. The van der Waals surface area contributed by atoms with Crippen LogP contribution in [0.1, 0.15) is 36.6 Å². The summed E-state index contributed by atoms with van der Waals surface area (Å²) in [6.45, 7) is 5.79. The molecule has 0 bridgehead atoms. The molecular weight excluding hydrogens is 296 g/mol. The summed E-state index contributed by atoms with van der Waals surface area (Å²) in [5.74, 6) is 1.77. The summed E-state index contributed by atoms with van der Waals surface area (Å²) in [5.41, 5.74) is 2.01. The maximum absolute atomic E-state index is 4.37. The number of aromatic amines is 1. The van der Waals surface area contributed by atoms with Crippen molar-refractivity contribution in [1.82, 2.24) is 19.8 Å². The number of H-pyrrole nitrogens is 1. The Kier molecular flexibility index (Phi) is 4.42. The van der Waals surface area contributed by atoms with Gasteiger partial charge in [-0.3, -0.25) is 4.90 Å². The molecule has 2 aliphatic heterocycles. The van der Waals surface area contributed by atoms with Gasteiger partial charge in [-0.05, 0) is 56.3 Å². The van der Waals surface area contributed by atoms with Crippen LogP contribution in [0.4, 0.5) is 0 Å². The normalized spacial score (nSPS) is 25.1. The van der Waals surface area contributed by atoms with Crippen molar-refractivity contribution in [3.63, 3.8) is 0 Å². The second kappa shape index (κ2) is 6.69. The van der Waals surface area contributed by atoms with Crippen molar-refractivity contribution in [2.24, 2.45) is 5.41 Å². The van der Waals surface area contributed by atoms with Crippen molar-refractivity contribution in [2.45, 2.75) is 31.7 Å². The fourth-order valence-corrected chi connectivity index (χ4v) is 4.76. The van der Waals surface area contributed by atoms with Gasteiger partial charge in [-0.2, -0.15) is 0 Å². The number of hydrogen-bond acceptors (Lipinski definition) is 3. The first-order valence-electron chi connectivity index (χ1n) is 9.17. The van der Waals surface area contributed by atoms with E-state index in [1.165, 1.54) is 51.0 Å². The molecule has 1 spiro atoms. The summed E-state index contributed by atoms with van der Waals surface area (Å²) in [7, 11) is 2.30. The van der Waals surface area contributed by atoms with E-state index in [0.29, 0.717) is 11.3 Å². The number of nitrogens with one attached hydrogen (secondary N) is 1. The number of nitrogens with zero attached hydrogens (tertiary/aromatic N) is 3. The lowest BCUT2D eigenvalue weighted by Crippen LogP contribution is -2.50. The molecule has 0 radical (unpaired) electrons. The topological polar surface area (TPSA) is 35.2 Å². The van der Waals surface area contributed by atoms with Gasteiger partial charge >= 0.3 is 0 Å². The maximum atomic E-state index is 4.37. The van der Waals surface area contributed by atoms with Crippen molar-refractivity contribution in [2.75, 3.05) is 33.2 Å². The fourth-order valence-electron chi connectivity index (χ4n) is 4.76. The van der Waals surface area contributed by atoms with Gasteiger partial charge in [0.1, 0.15) is 5.82 Å². The lowest BCUT2D eigenvalue weighted by molar-refractivity contribution is 0.0212. The summed E-state index contributed by atoms with van der Waals surface area (Å²) in [6, 6.07) is 11.1. The highest BCUT2D eigenvalue weighted by Gasteiger charge is 2.41. The Hall–Kier alpha value is -1.65. The molecule has 0 saturated carbocycles. The highest BCUT2D eigenvalue weighted by atomic mass is 15.2. The summed E-state index contributed by atoms with van der Waals surface area (Å²) in [5, 5.41) is 0. The number of likely N-dealkylation sites (tertiary alicyclic amines) is 2. The first-order chi connectivity index (χ1) is 11.7. The quantitative estimate of drug-likeness (QED) is 0.942. The molecule has 3 heterocycles. The van der Waals surface area contributed by atoms with E-state index >= 15 is 0 Å². The Bertz CT molecular complexity index is 629. The minimum atomic E-state index is 0.493. The van der Waals surface area contributed by atoms with Crippen LogP contribution in [0.25, 0.3) is 0 Å². The molecule has 128 valence electrons. The monoisotopic (exact) mass is 324 g/mol. The van der Waals surface area contributed by atoms with Crippen LogP contribution in [0.3, 0.4) is 0 Å². The summed E-state index contributed by atoms with van der Waals surface area (Å²) >= 11 is 0. The number of likely N-dealkylation sites (N-methyl/N-ethyl adjacent to an activating group) is 1. The Balaban J connectivity index is 1.41. The van der Waals surface area contributed by atoms with E-state index in [9.17, 15) is 0 Å². The van der Waals surface area contributed by atoms with Crippen molar-refractivity contribution in [1.29, 1.82) is 0 Å². The Morgan fingerprint density at radius 2 is 2.00 bits per heavy atom. The Morgan fingerprint density at radius 1 is 1.21 bits per heavy atom. The maximum Gasteiger partial charge on any atom is 0.120 e. The van der Waals surface area contributed by atoms with Crippen LogP contribution in [0.15, 0.2) is 42.7 Å². The fraction of sp³-hybridized carbons (Fsp3) is 0.550. The molecule has 0 unspecified atom stereocenters. The van der Waals surface area contributed by atoms with Gasteiger partial charge in [-0.15, -0.1) is 0 Å². The Morgan fingerprint density at radius 3 is 2.71 bits per heavy atom. The Labute approximate surface area is 144 Å². The van der Waals surface area contributed by atoms with Gasteiger partial charge in [0.2, 0.25) is 0 Å². The zero-order valence-electron chi connectivity index (χ0n) is 14.6. The van der Waals surface area contributed by atoms with Gasteiger partial charge in [0.15, 0.2) is 0 Å². The average Bonchev–Trinajstić information content (AvgIpc) is 3.10. The summed E-state index contributed by atoms with van der Waals surface area (Å²) in [4.78, 5) is 12.7. The molecule has 2 aliphatic rings. The molecule has 0 amide bonds.